The Morgan fingerprint density at radius 3 is 2.83 bits per heavy atom. The van der Waals surface area contributed by atoms with Crippen molar-refractivity contribution in [3.63, 3.8) is 0 Å². The van der Waals surface area contributed by atoms with Crippen LogP contribution >= 0.6 is 0 Å². The van der Waals surface area contributed by atoms with E-state index in [1.807, 2.05) is 0 Å². The molecule has 1 heterocycles. The highest BCUT2D eigenvalue weighted by atomic mass is 19.1. The number of nitrogens with zero attached hydrogens (tertiary/aromatic N) is 1. The molecule has 1 aromatic carbocycles. The molecular formula is C19H26FNO2. The minimum absolute atomic E-state index is 0.275. The summed E-state index contributed by atoms with van der Waals surface area (Å²) < 4.78 is 19.1. The quantitative estimate of drug-likeness (QED) is 0.787. The molecule has 0 radical (unpaired) electrons. The molecule has 23 heavy (non-hydrogen) atoms. The second-order valence-electron chi connectivity index (χ2n) is 7.43. The Morgan fingerprint density at radius 2 is 2.17 bits per heavy atom. The lowest BCUT2D eigenvalue weighted by molar-refractivity contribution is -0.000966. The lowest BCUT2D eigenvalue weighted by Gasteiger charge is -2.51. The molecule has 1 saturated carbocycles. The third-order valence-corrected chi connectivity index (χ3v) is 5.57. The molecule has 1 aliphatic carbocycles. The summed E-state index contributed by atoms with van der Waals surface area (Å²) in [6, 6.07) is 3.69. The Bertz CT molecular complexity index is 608. The average Bonchev–Trinajstić information content (AvgIpc) is 2.51. The molecule has 2 aliphatic rings. The third kappa shape index (κ3) is 3.14. The fourth-order valence-corrected chi connectivity index (χ4v) is 4.33. The molecule has 0 saturated heterocycles. The van der Waals surface area contributed by atoms with Gasteiger partial charge in [0.2, 0.25) is 0 Å². The Hall–Kier alpha value is -1.42. The van der Waals surface area contributed by atoms with Crippen LogP contribution in [0.1, 0.15) is 61.0 Å². The zero-order valence-electron chi connectivity index (χ0n) is 14.3. The van der Waals surface area contributed by atoms with Crippen LogP contribution in [0.4, 0.5) is 4.39 Å². The van der Waals surface area contributed by atoms with E-state index in [0.717, 1.165) is 24.1 Å². The second kappa shape index (κ2) is 6.23. The smallest absolute Gasteiger partial charge is 0.337 e. The highest BCUT2D eigenvalue weighted by molar-refractivity contribution is 5.89. The molecular weight excluding hydrogens is 293 g/mol. The van der Waals surface area contributed by atoms with Crippen molar-refractivity contribution in [1.29, 1.82) is 0 Å². The molecule has 3 rings (SSSR count). The molecule has 1 aromatic rings. The minimum Gasteiger partial charge on any atom is -0.465 e. The van der Waals surface area contributed by atoms with Crippen LogP contribution in [0, 0.1) is 11.2 Å². The van der Waals surface area contributed by atoms with Crippen molar-refractivity contribution in [1.82, 2.24) is 4.90 Å². The van der Waals surface area contributed by atoms with Gasteiger partial charge in [0.1, 0.15) is 5.82 Å². The van der Waals surface area contributed by atoms with E-state index in [1.165, 1.54) is 38.9 Å². The molecule has 0 atom stereocenters. The van der Waals surface area contributed by atoms with Gasteiger partial charge in [0, 0.05) is 24.7 Å². The number of rotatable bonds is 4. The molecule has 126 valence electrons. The number of ether oxygens (including phenoxy) is 1. The van der Waals surface area contributed by atoms with Gasteiger partial charge < -0.3 is 4.74 Å². The summed E-state index contributed by atoms with van der Waals surface area (Å²) in [7, 11) is 1.32. The maximum atomic E-state index is 14.4. The number of hydrogen-bond acceptors (Lipinski definition) is 3. The first-order valence-corrected chi connectivity index (χ1v) is 8.59. The van der Waals surface area contributed by atoms with Crippen LogP contribution < -0.4 is 0 Å². The largest absolute Gasteiger partial charge is 0.465 e. The molecule has 3 nitrogen and oxygen atoms in total. The summed E-state index contributed by atoms with van der Waals surface area (Å²) in [6.45, 7) is 6.22. The van der Waals surface area contributed by atoms with Gasteiger partial charge in [-0.1, -0.05) is 20.3 Å². The van der Waals surface area contributed by atoms with Gasteiger partial charge in [-0.05, 0) is 48.8 Å². The first kappa shape index (κ1) is 16.4. The summed E-state index contributed by atoms with van der Waals surface area (Å²) in [4.78, 5) is 14.0. The Balaban J connectivity index is 1.71. The number of hydrogen-bond donors (Lipinski definition) is 0. The van der Waals surface area contributed by atoms with Crippen LogP contribution in [-0.2, 0) is 17.7 Å². The lowest BCUT2D eigenvalue weighted by atomic mass is 9.63. The summed E-state index contributed by atoms with van der Waals surface area (Å²) in [5, 5.41) is 0. The second-order valence-corrected chi connectivity index (χ2v) is 7.43. The lowest BCUT2D eigenvalue weighted by Crippen LogP contribution is -2.51. The summed E-state index contributed by atoms with van der Waals surface area (Å²) in [5.41, 5.74) is 2.51. The van der Waals surface area contributed by atoms with Crippen molar-refractivity contribution < 1.29 is 13.9 Å². The monoisotopic (exact) mass is 319 g/mol. The van der Waals surface area contributed by atoms with Gasteiger partial charge in [-0.3, -0.25) is 4.90 Å². The highest BCUT2D eigenvalue weighted by Crippen LogP contribution is 2.47. The minimum atomic E-state index is -0.469. The van der Waals surface area contributed by atoms with Gasteiger partial charge in [-0.15, -0.1) is 0 Å². The third-order valence-electron chi connectivity index (χ3n) is 5.57. The van der Waals surface area contributed by atoms with E-state index >= 15 is 0 Å². The number of halogens is 1. The van der Waals surface area contributed by atoms with Crippen molar-refractivity contribution in [3.8, 4) is 0 Å². The van der Waals surface area contributed by atoms with Gasteiger partial charge in [0.15, 0.2) is 0 Å². The fourth-order valence-electron chi connectivity index (χ4n) is 4.33. The first-order chi connectivity index (χ1) is 11.0. The van der Waals surface area contributed by atoms with Crippen molar-refractivity contribution in [2.75, 3.05) is 13.7 Å². The molecule has 0 aromatic heterocycles. The average molecular weight is 319 g/mol. The number of esters is 1. The fraction of sp³-hybridized carbons (Fsp3) is 0.632. The number of carbonyl (C=O) groups excluding carboxylic acids is 1. The maximum absolute atomic E-state index is 14.4. The number of benzene rings is 1. The highest BCUT2D eigenvalue weighted by Gasteiger charge is 2.42. The topological polar surface area (TPSA) is 29.5 Å². The standard InChI is InChI=1S/C19H26FNO2/c1-4-6-19(2)10-15(11-19)21-7-5-13-8-14(18(22)23-3)9-17(20)16(13)12-21/h8-9,15H,4-7,10-12H2,1-3H3. The van der Waals surface area contributed by atoms with Gasteiger partial charge in [0.05, 0.1) is 12.7 Å². The van der Waals surface area contributed by atoms with Crippen LogP contribution in [0.5, 0.6) is 0 Å². The Morgan fingerprint density at radius 1 is 1.43 bits per heavy atom. The van der Waals surface area contributed by atoms with Crippen LogP contribution in [0.2, 0.25) is 0 Å². The van der Waals surface area contributed by atoms with Gasteiger partial charge >= 0.3 is 5.97 Å². The number of fused-ring (bicyclic) bond motifs is 1. The van der Waals surface area contributed by atoms with E-state index < -0.39 is 5.97 Å². The van der Waals surface area contributed by atoms with Crippen molar-refractivity contribution in [2.24, 2.45) is 5.41 Å². The Kier molecular flexibility index (Phi) is 4.45. The normalized spacial score (nSPS) is 27.2. The van der Waals surface area contributed by atoms with Crippen molar-refractivity contribution in [2.45, 2.75) is 58.5 Å². The summed E-state index contributed by atoms with van der Waals surface area (Å²) in [6.07, 6.45) is 5.76. The van der Waals surface area contributed by atoms with E-state index in [9.17, 15) is 9.18 Å². The number of carbonyl (C=O) groups is 1. The van der Waals surface area contributed by atoms with Crippen LogP contribution in [0.25, 0.3) is 0 Å². The Labute approximate surface area is 137 Å². The molecule has 0 amide bonds. The SMILES string of the molecule is CCCC1(C)CC(N2CCc3cc(C(=O)OC)cc(F)c3C2)C1. The van der Waals surface area contributed by atoms with Crippen LogP contribution in [-0.4, -0.2) is 30.6 Å². The molecule has 0 unspecified atom stereocenters. The predicted octanol–water partition coefficient (Wildman–Crippen LogP) is 3.94. The van der Waals surface area contributed by atoms with Gasteiger partial charge in [-0.25, -0.2) is 9.18 Å². The molecule has 4 heteroatoms. The van der Waals surface area contributed by atoms with Crippen LogP contribution in [0.15, 0.2) is 12.1 Å². The predicted molar refractivity (Wildman–Crippen MR) is 87.9 cm³/mol. The van der Waals surface area contributed by atoms with E-state index in [4.69, 9.17) is 4.74 Å². The molecule has 0 N–H and O–H groups in total. The van der Waals surface area contributed by atoms with Crippen molar-refractivity contribution >= 4 is 5.97 Å². The summed E-state index contributed by atoms with van der Waals surface area (Å²) >= 11 is 0. The molecule has 1 aliphatic heterocycles. The first-order valence-electron chi connectivity index (χ1n) is 8.59. The summed E-state index contributed by atoms with van der Waals surface area (Å²) in [5.74, 6) is -0.744. The van der Waals surface area contributed by atoms with Crippen LogP contribution in [0.3, 0.4) is 0 Å². The van der Waals surface area contributed by atoms with E-state index in [0.29, 0.717) is 23.6 Å². The zero-order chi connectivity index (χ0) is 16.6. The van der Waals surface area contributed by atoms with Gasteiger partial charge in [-0.2, -0.15) is 0 Å². The maximum Gasteiger partial charge on any atom is 0.337 e. The van der Waals surface area contributed by atoms with E-state index in [2.05, 4.69) is 18.7 Å². The zero-order valence-corrected chi connectivity index (χ0v) is 14.3. The number of methoxy groups -OCH3 is 1. The molecule has 1 fully saturated rings. The van der Waals surface area contributed by atoms with Gasteiger partial charge in [0.25, 0.3) is 0 Å². The molecule has 0 bridgehead atoms. The van der Waals surface area contributed by atoms with E-state index in [-0.39, 0.29) is 5.82 Å². The van der Waals surface area contributed by atoms with Crippen molar-refractivity contribution in [3.05, 3.63) is 34.6 Å². The molecule has 0 spiro atoms. The van der Waals surface area contributed by atoms with E-state index in [1.54, 1.807) is 6.07 Å².